The van der Waals surface area contributed by atoms with Crippen molar-refractivity contribution in [2.24, 2.45) is 0 Å². The van der Waals surface area contributed by atoms with Gasteiger partial charge in [-0.05, 0) is 26.0 Å². The van der Waals surface area contributed by atoms with Gasteiger partial charge < -0.3 is 9.73 Å². The van der Waals surface area contributed by atoms with Crippen LogP contribution in [0.15, 0.2) is 28.2 Å². The van der Waals surface area contributed by atoms with Crippen LogP contribution in [-0.4, -0.2) is 35.1 Å². The molecule has 0 aromatic carbocycles. The van der Waals surface area contributed by atoms with Crippen LogP contribution >= 0.6 is 36.2 Å². The van der Waals surface area contributed by atoms with Crippen molar-refractivity contribution in [3.05, 3.63) is 29.5 Å². The molecule has 2 unspecified atom stereocenters. The third-order valence-electron chi connectivity index (χ3n) is 3.30. The Morgan fingerprint density at radius 3 is 2.67 bits per heavy atom. The van der Waals surface area contributed by atoms with Crippen LogP contribution in [0.25, 0.3) is 10.8 Å². The minimum Gasteiger partial charge on any atom is -0.462 e. The number of piperazine rings is 1. The predicted molar refractivity (Wildman–Crippen MR) is 91.6 cm³/mol. The van der Waals surface area contributed by atoms with E-state index in [1.165, 1.54) is 0 Å². The fraction of sp³-hybridized carbons (Fsp3) is 0.500. The minimum atomic E-state index is 0. The Bertz CT molecular complexity index is 522. The smallest absolute Gasteiger partial charge is 0.162 e. The van der Waals surface area contributed by atoms with Crippen molar-refractivity contribution in [3.8, 4) is 10.8 Å². The highest BCUT2D eigenvalue weighted by Crippen LogP contribution is 2.24. The van der Waals surface area contributed by atoms with Crippen molar-refractivity contribution in [2.75, 3.05) is 13.1 Å². The molecule has 1 aliphatic heterocycles. The maximum Gasteiger partial charge on any atom is 0.162 e. The average molecular weight is 350 g/mol. The van der Waals surface area contributed by atoms with Crippen molar-refractivity contribution in [3.63, 3.8) is 0 Å². The lowest BCUT2D eigenvalue weighted by molar-refractivity contribution is 0.165. The topological polar surface area (TPSA) is 41.3 Å². The zero-order chi connectivity index (χ0) is 13.2. The summed E-state index contributed by atoms with van der Waals surface area (Å²) in [7, 11) is 0. The molecule has 0 radical (unpaired) electrons. The molecule has 1 N–H and O–H groups in total. The number of halogens is 2. The van der Waals surface area contributed by atoms with Gasteiger partial charge in [-0.15, -0.1) is 36.2 Å². The standard InChI is InChI=1S/C14H19N3OS.2ClH/c1-10-6-17(7-11(2)15-10)8-12-9-19-14(16-12)13-4-3-5-18-13;;/h3-5,9-11,15H,6-8H2,1-2H3;2*1H. The monoisotopic (exact) mass is 349 g/mol. The van der Waals surface area contributed by atoms with Crippen molar-refractivity contribution >= 4 is 36.2 Å². The molecule has 0 amide bonds. The number of hydrogen-bond acceptors (Lipinski definition) is 5. The fourth-order valence-corrected chi connectivity index (χ4v) is 3.47. The molecule has 2 aromatic rings. The van der Waals surface area contributed by atoms with E-state index < -0.39 is 0 Å². The first kappa shape index (κ1) is 18.5. The molecule has 3 rings (SSSR count). The van der Waals surface area contributed by atoms with Crippen LogP contribution in [0.4, 0.5) is 0 Å². The SMILES string of the molecule is CC1CN(Cc2csc(-c3ccco3)n2)CC(C)N1.Cl.Cl. The summed E-state index contributed by atoms with van der Waals surface area (Å²) in [6.45, 7) is 7.56. The van der Waals surface area contributed by atoms with Gasteiger partial charge in [0.1, 0.15) is 0 Å². The number of furan rings is 1. The molecule has 1 saturated heterocycles. The van der Waals surface area contributed by atoms with Crippen LogP contribution in [0.1, 0.15) is 19.5 Å². The number of rotatable bonds is 3. The highest BCUT2D eigenvalue weighted by Gasteiger charge is 2.21. The van der Waals surface area contributed by atoms with Gasteiger partial charge in [-0.2, -0.15) is 0 Å². The second-order valence-corrected chi connectivity index (χ2v) is 6.14. The molecule has 118 valence electrons. The molecule has 2 aromatic heterocycles. The van der Waals surface area contributed by atoms with Gasteiger partial charge in [-0.25, -0.2) is 4.98 Å². The fourth-order valence-electron chi connectivity index (χ4n) is 2.69. The van der Waals surface area contributed by atoms with E-state index in [1.807, 2.05) is 12.1 Å². The number of nitrogens with one attached hydrogen (secondary N) is 1. The van der Waals surface area contributed by atoms with Gasteiger partial charge in [-0.3, -0.25) is 4.90 Å². The van der Waals surface area contributed by atoms with Crippen LogP contribution in [0.2, 0.25) is 0 Å². The van der Waals surface area contributed by atoms with Crippen LogP contribution in [0.3, 0.4) is 0 Å². The Morgan fingerprint density at radius 2 is 2.05 bits per heavy atom. The van der Waals surface area contributed by atoms with Crippen molar-refractivity contribution in [1.82, 2.24) is 15.2 Å². The van der Waals surface area contributed by atoms with Gasteiger partial charge in [0.2, 0.25) is 0 Å². The van der Waals surface area contributed by atoms with E-state index in [0.29, 0.717) is 12.1 Å². The minimum absolute atomic E-state index is 0. The zero-order valence-electron chi connectivity index (χ0n) is 12.1. The van der Waals surface area contributed by atoms with E-state index in [9.17, 15) is 0 Å². The second-order valence-electron chi connectivity index (χ2n) is 5.28. The summed E-state index contributed by atoms with van der Waals surface area (Å²) in [6.07, 6.45) is 1.69. The Hall–Kier alpha value is -0.590. The van der Waals surface area contributed by atoms with E-state index >= 15 is 0 Å². The number of nitrogens with zero attached hydrogens (tertiary/aromatic N) is 2. The van der Waals surface area contributed by atoms with Crippen molar-refractivity contribution in [1.29, 1.82) is 0 Å². The van der Waals surface area contributed by atoms with Crippen LogP contribution in [0, 0.1) is 0 Å². The van der Waals surface area contributed by atoms with E-state index in [0.717, 1.165) is 36.1 Å². The van der Waals surface area contributed by atoms with E-state index in [1.54, 1.807) is 17.6 Å². The van der Waals surface area contributed by atoms with Gasteiger partial charge in [0, 0.05) is 37.1 Å². The van der Waals surface area contributed by atoms with Gasteiger partial charge >= 0.3 is 0 Å². The normalized spacial score (nSPS) is 22.4. The molecule has 1 fully saturated rings. The molecule has 0 bridgehead atoms. The number of aromatic nitrogens is 1. The Labute approximate surface area is 141 Å². The largest absolute Gasteiger partial charge is 0.462 e. The van der Waals surface area contributed by atoms with Gasteiger partial charge in [0.25, 0.3) is 0 Å². The summed E-state index contributed by atoms with van der Waals surface area (Å²) in [4.78, 5) is 7.12. The van der Waals surface area contributed by atoms with Crippen molar-refractivity contribution < 1.29 is 4.42 Å². The Morgan fingerprint density at radius 1 is 1.33 bits per heavy atom. The lowest BCUT2D eigenvalue weighted by Gasteiger charge is -2.35. The molecule has 0 saturated carbocycles. The van der Waals surface area contributed by atoms with Gasteiger partial charge in [0.05, 0.1) is 12.0 Å². The summed E-state index contributed by atoms with van der Waals surface area (Å²) < 4.78 is 5.38. The van der Waals surface area contributed by atoms with Crippen molar-refractivity contribution in [2.45, 2.75) is 32.5 Å². The summed E-state index contributed by atoms with van der Waals surface area (Å²) in [5, 5.41) is 6.65. The first-order valence-corrected chi connectivity index (χ1v) is 7.55. The molecule has 0 spiro atoms. The number of hydrogen-bond donors (Lipinski definition) is 1. The summed E-state index contributed by atoms with van der Waals surface area (Å²) in [5.41, 5.74) is 1.14. The summed E-state index contributed by atoms with van der Waals surface area (Å²) >= 11 is 1.65. The average Bonchev–Trinajstić information content (AvgIpc) is 2.96. The lowest BCUT2D eigenvalue weighted by atomic mass is 10.1. The Kier molecular flexibility index (Phi) is 7.16. The lowest BCUT2D eigenvalue weighted by Crippen LogP contribution is -2.53. The molecule has 3 heterocycles. The molecule has 1 aliphatic rings. The maximum absolute atomic E-state index is 5.38. The zero-order valence-corrected chi connectivity index (χ0v) is 14.6. The third kappa shape index (κ3) is 4.69. The predicted octanol–water partition coefficient (Wildman–Crippen LogP) is 3.43. The highest BCUT2D eigenvalue weighted by molar-refractivity contribution is 7.13. The first-order valence-electron chi connectivity index (χ1n) is 6.67. The van der Waals surface area contributed by atoms with Gasteiger partial charge in [0.15, 0.2) is 10.8 Å². The quantitative estimate of drug-likeness (QED) is 0.921. The molecule has 21 heavy (non-hydrogen) atoms. The first-order chi connectivity index (χ1) is 9.20. The summed E-state index contributed by atoms with van der Waals surface area (Å²) in [6, 6.07) is 4.95. The van der Waals surface area contributed by atoms with Gasteiger partial charge in [-0.1, -0.05) is 0 Å². The number of thiazole rings is 1. The molecule has 7 heteroatoms. The molecular weight excluding hydrogens is 329 g/mol. The summed E-state index contributed by atoms with van der Waals surface area (Å²) in [5.74, 6) is 0.860. The Balaban J connectivity index is 0.00000110. The third-order valence-corrected chi connectivity index (χ3v) is 4.21. The molecule has 0 aliphatic carbocycles. The van der Waals surface area contributed by atoms with E-state index in [2.05, 4.69) is 34.4 Å². The van der Waals surface area contributed by atoms with Crippen LogP contribution in [0.5, 0.6) is 0 Å². The van der Waals surface area contributed by atoms with E-state index in [4.69, 9.17) is 4.42 Å². The van der Waals surface area contributed by atoms with E-state index in [-0.39, 0.29) is 24.8 Å². The molecule has 4 nitrogen and oxygen atoms in total. The maximum atomic E-state index is 5.38. The highest BCUT2D eigenvalue weighted by atomic mass is 35.5. The molecular formula is C14H21Cl2N3OS. The second kappa shape index (κ2) is 8.15. The van der Waals surface area contributed by atoms with Crippen LogP contribution in [-0.2, 0) is 6.54 Å². The van der Waals surface area contributed by atoms with Crippen LogP contribution < -0.4 is 5.32 Å². The molecule has 2 atom stereocenters.